The summed E-state index contributed by atoms with van der Waals surface area (Å²) >= 11 is 6.21. The van der Waals surface area contributed by atoms with Crippen LogP contribution in [0.3, 0.4) is 0 Å². The van der Waals surface area contributed by atoms with Gasteiger partial charge in [-0.2, -0.15) is 0 Å². The molecule has 164 valence electrons. The third kappa shape index (κ3) is 4.46. The number of sulfonamides is 1. The summed E-state index contributed by atoms with van der Waals surface area (Å²) in [5.74, 6) is -0.542. The zero-order valence-corrected chi connectivity index (χ0v) is 18.7. The van der Waals surface area contributed by atoms with Gasteiger partial charge in [-0.3, -0.25) is 13.9 Å². The van der Waals surface area contributed by atoms with E-state index in [1.807, 2.05) is 6.07 Å². The van der Waals surface area contributed by atoms with Gasteiger partial charge in [-0.05, 0) is 61.0 Å². The fraction of sp³-hybridized carbons (Fsp3) is 0.130. The van der Waals surface area contributed by atoms with Crippen LogP contribution in [-0.4, -0.2) is 32.5 Å². The van der Waals surface area contributed by atoms with Gasteiger partial charge in [0.2, 0.25) is 10.0 Å². The summed E-state index contributed by atoms with van der Waals surface area (Å²) < 4.78 is 25.0. The molecule has 4 rings (SSSR count). The molecule has 0 aliphatic carbocycles. The molecule has 0 atom stereocenters. The molecule has 7 nitrogen and oxygen atoms in total. The second-order valence-electron chi connectivity index (χ2n) is 7.36. The smallest absolute Gasteiger partial charge is 0.255 e. The first-order valence-corrected chi connectivity index (χ1v) is 11.8. The quantitative estimate of drug-likeness (QED) is 0.582. The first-order chi connectivity index (χ1) is 15.2. The van der Waals surface area contributed by atoms with E-state index >= 15 is 0 Å². The molecule has 2 amide bonds. The highest BCUT2D eigenvalue weighted by molar-refractivity contribution is 7.94. The normalized spacial score (nSPS) is 14.4. The zero-order valence-electron chi connectivity index (χ0n) is 17.1. The van der Waals surface area contributed by atoms with Crippen LogP contribution in [0.1, 0.15) is 26.3 Å². The van der Waals surface area contributed by atoms with Crippen LogP contribution < -0.4 is 14.9 Å². The molecule has 0 bridgehead atoms. The Morgan fingerprint density at radius 2 is 1.69 bits per heavy atom. The maximum atomic E-state index is 12.8. The van der Waals surface area contributed by atoms with Gasteiger partial charge < -0.3 is 10.6 Å². The molecule has 1 aliphatic heterocycles. The molecule has 1 saturated heterocycles. The van der Waals surface area contributed by atoms with E-state index < -0.39 is 10.0 Å². The highest BCUT2D eigenvalue weighted by Gasteiger charge is 2.32. The first kappa shape index (κ1) is 21.9. The van der Waals surface area contributed by atoms with Gasteiger partial charge in [0.25, 0.3) is 11.8 Å². The number of nitrogens with zero attached hydrogens (tertiary/aromatic N) is 1. The fourth-order valence-electron chi connectivity index (χ4n) is 3.36. The van der Waals surface area contributed by atoms with E-state index in [2.05, 4.69) is 10.6 Å². The second kappa shape index (κ2) is 8.64. The Kier molecular flexibility index (Phi) is 5.90. The van der Waals surface area contributed by atoms with E-state index in [9.17, 15) is 18.0 Å². The predicted octanol–water partition coefficient (Wildman–Crippen LogP) is 4.30. The van der Waals surface area contributed by atoms with Gasteiger partial charge >= 0.3 is 0 Å². The lowest BCUT2D eigenvalue weighted by atomic mass is 10.1. The van der Waals surface area contributed by atoms with Crippen LogP contribution in [0.5, 0.6) is 0 Å². The standard InChI is InChI=1S/C23H20ClN3O4S/c1-15-13-18(27-11-12-32(27,30)31)8-9-19(15)23(29)25-17-7-10-20(24)21(14-17)26-22(28)16-5-3-2-4-6-16/h2-10,13-14H,11-12H2,1H3,(H,25,29)(H,26,28). The van der Waals surface area contributed by atoms with E-state index in [1.54, 1.807) is 67.6 Å². The van der Waals surface area contributed by atoms with Gasteiger partial charge in [0.15, 0.2) is 0 Å². The number of carbonyl (C=O) groups is 2. The number of halogens is 1. The van der Waals surface area contributed by atoms with Crippen molar-refractivity contribution in [2.45, 2.75) is 6.92 Å². The van der Waals surface area contributed by atoms with Crippen molar-refractivity contribution < 1.29 is 18.0 Å². The number of hydrogen-bond donors (Lipinski definition) is 2. The largest absolute Gasteiger partial charge is 0.322 e. The number of amides is 2. The van der Waals surface area contributed by atoms with Crippen molar-refractivity contribution in [3.8, 4) is 0 Å². The van der Waals surface area contributed by atoms with E-state index in [-0.39, 0.29) is 17.6 Å². The topological polar surface area (TPSA) is 95.6 Å². The number of rotatable bonds is 5. The Hall–Kier alpha value is -3.36. The molecule has 3 aromatic rings. The molecule has 3 aromatic carbocycles. The number of aryl methyl sites for hydroxylation is 1. The highest BCUT2D eigenvalue weighted by Crippen LogP contribution is 2.29. The molecule has 0 saturated carbocycles. The third-order valence-electron chi connectivity index (χ3n) is 5.14. The molecule has 1 aliphatic rings. The van der Waals surface area contributed by atoms with Gasteiger partial charge in [0.05, 0.1) is 22.2 Å². The maximum absolute atomic E-state index is 12.8. The van der Waals surface area contributed by atoms with Crippen LogP contribution in [0.25, 0.3) is 0 Å². The summed E-state index contributed by atoms with van der Waals surface area (Å²) in [7, 11) is -3.23. The summed E-state index contributed by atoms with van der Waals surface area (Å²) in [4.78, 5) is 25.2. The van der Waals surface area contributed by atoms with Gasteiger partial charge in [0.1, 0.15) is 0 Å². The van der Waals surface area contributed by atoms with E-state index in [0.29, 0.717) is 45.3 Å². The van der Waals surface area contributed by atoms with Crippen LogP contribution in [0.2, 0.25) is 5.02 Å². The van der Waals surface area contributed by atoms with Crippen molar-refractivity contribution in [1.82, 2.24) is 0 Å². The molecule has 0 unspecified atom stereocenters. The summed E-state index contributed by atoms with van der Waals surface area (Å²) in [6.45, 7) is 2.19. The molecule has 0 spiro atoms. The van der Waals surface area contributed by atoms with Crippen LogP contribution in [-0.2, 0) is 10.0 Å². The molecule has 9 heteroatoms. The van der Waals surface area contributed by atoms with Crippen LogP contribution in [0.15, 0.2) is 66.7 Å². The Labute approximate surface area is 191 Å². The predicted molar refractivity (Wildman–Crippen MR) is 126 cm³/mol. The molecule has 0 aromatic heterocycles. The average molecular weight is 470 g/mol. The van der Waals surface area contributed by atoms with Crippen molar-refractivity contribution in [2.75, 3.05) is 27.2 Å². The van der Waals surface area contributed by atoms with Crippen LogP contribution in [0, 0.1) is 6.92 Å². The average Bonchev–Trinajstić information content (AvgIpc) is 2.76. The van der Waals surface area contributed by atoms with E-state index in [4.69, 9.17) is 11.6 Å². The SMILES string of the molecule is Cc1cc(N2CCS2(=O)=O)ccc1C(=O)Nc1ccc(Cl)c(NC(=O)c2ccccc2)c1. The highest BCUT2D eigenvalue weighted by atomic mass is 35.5. The maximum Gasteiger partial charge on any atom is 0.255 e. The molecule has 2 N–H and O–H groups in total. The Morgan fingerprint density at radius 3 is 2.31 bits per heavy atom. The lowest BCUT2D eigenvalue weighted by Crippen LogP contribution is -2.47. The van der Waals surface area contributed by atoms with E-state index in [1.165, 1.54) is 4.31 Å². The molecular weight excluding hydrogens is 450 g/mol. The monoisotopic (exact) mass is 469 g/mol. The molecule has 1 heterocycles. The number of carbonyl (C=O) groups excluding carboxylic acids is 2. The van der Waals surface area contributed by atoms with Gasteiger partial charge in [-0.15, -0.1) is 0 Å². The Balaban J connectivity index is 1.50. The van der Waals surface area contributed by atoms with Gasteiger partial charge in [-0.25, -0.2) is 8.42 Å². The molecule has 0 radical (unpaired) electrons. The van der Waals surface area contributed by atoms with Crippen molar-refractivity contribution >= 4 is 50.5 Å². The minimum absolute atomic E-state index is 0.133. The summed E-state index contributed by atoms with van der Waals surface area (Å²) in [5, 5.41) is 5.88. The van der Waals surface area contributed by atoms with Crippen LogP contribution in [0.4, 0.5) is 17.1 Å². The minimum Gasteiger partial charge on any atom is -0.322 e. The fourth-order valence-corrected chi connectivity index (χ4v) is 4.62. The summed E-state index contributed by atoms with van der Waals surface area (Å²) in [5.41, 5.74) is 2.91. The zero-order chi connectivity index (χ0) is 22.9. The summed E-state index contributed by atoms with van der Waals surface area (Å²) in [6.07, 6.45) is 0. The van der Waals surface area contributed by atoms with Crippen LogP contribution >= 0.6 is 11.6 Å². The third-order valence-corrected chi connectivity index (χ3v) is 7.23. The summed E-state index contributed by atoms with van der Waals surface area (Å²) in [6, 6.07) is 18.4. The lowest BCUT2D eigenvalue weighted by Gasteiger charge is -2.32. The van der Waals surface area contributed by atoms with Crippen molar-refractivity contribution in [2.24, 2.45) is 0 Å². The number of anilines is 3. The number of benzene rings is 3. The number of nitrogens with one attached hydrogen (secondary N) is 2. The lowest BCUT2D eigenvalue weighted by molar-refractivity contribution is 0.101. The van der Waals surface area contributed by atoms with Gasteiger partial charge in [0, 0.05) is 23.4 Å². The molecule has 1 fully saturated rings. The van der Waals surface area contributed by atoms with Crippen molar-refractivity contribution in [1.29, 1.82) is 0 Å². The first-order valence-electron chi connectivity index (χ1n) is 9.83. The Morgan fingerprint density at radius 1 is 0.938 bits per heavy atom. The van der Waals surface area contributed by atoms with Gasteiger partial charge in [-0.1, -0.05) is 29.8 Å². The minimum atomic E-state index is -3.23. The van der Waals surface area contributed by atoms with Crippen molar-refractivity contribution in [3.63, 3.8) is 0 Å². The van der Waals surface area contributed by atoms with E-state index in [0.717, 1.165) is 0 Å². The molecule has 32 heavy (non-hydrogen) atoms. The van der Waals surface area contributed by atoms with Crippen molar-refractivity contribution in [3.05, 3.63) is 88.4 Å². The molecular formula is C23H20ClN3O4S. The second-order valence-corrected chi connectivity index (χ2v) is 9.78. The Bertz CT molecular complexity index is 1310. The number of hydrogen-bond acceptors (Lipinski definition) is 4.